The first kappa shape index (κ1) is 15.8. The van der Waals surface area contributed by atoms with Crippen LogP contribution in [0.15, 0.2) is 34.9 Å². The molecule has 0 aliphatic carbocycles. The predicted molar refractivity (Wildman–Crippen MR) is 80.7 cm³/mol. The molecule has 2 rings (SSSR count). The molecule has 1 N–H and O–H groups in total. The lowest BCUT2D eigenvalue weighted by atomic mass is 10.1. The zero-order valence-corrected chi connectivity index (χ0v) is 12.6. The van der Waals surface area contributed by atoms with Gasteiger partial charge in [-0.3, -0.25) is 9.59 Å². The van der Waals surface area contributed by atoms with Crippen molar-refractivity contribution in [3.63, 3.8) is 0 Å². The maximum absolute atomic E-state index is 12.4. The second-order valence-electron chi connectivity index (χ2n) is 5.01. The Bertz CT molecular complexity index is 645. The van der Waals surface area contributed by atoms with Crippen molar-refractivity contribution in [3.05, 3.63) is 47.3 Å². The molecule has 0 saturated carbocycles. The van der Waals surface area contributed by atoms with Crippen molar-refractivity contribution in [1.29, 1.82) is 0 Å². The largest absolute Gasteiger partial charge is 0.480 e. The number of benzene rings is 1. The van der Waals surface area contributed by atoms with Crippen LogP contribution in [0.3, 0.4) is 0 Å². The van der Waals surface area contributed by atoms with Crippen molar-refractivity contribution in [3.8, 4) is 0 Å². The average Bonchev–Trinajstić information content (AvgIpc) is 2.82. The molecule has 0 aliphatic heterocycles. The Morgan fingerprint density at radius 1 is 1.23 bits per heavy atom. The molecule has 0 aliphatic rings. The van der Waals surface area contributed by atoms with Gasteiger partial charge in [0.15, 0.2) is 0 Å². The minimum Gasteiger partial charge on any atom is -0.480 e. The van der Waals surface area contributed by atoms with Crippen molar-refractivity contribution in [1.82, 2.24) is 5.16 Å². The van der Waals surface area contributed by atoms with Gasteiger partial charge in [-0.15, -0.1) is 0 Å². The molecule has 22 heavy (non-hydrogen) atoms. The Morgan fingerprint density at radius 3 is 2.45 bits per heavy atom. The van der Waals surface area contributed by atoms with Gasteiger partial charge < -0.3 is 14.5 Å². The normalized spacial score (nSPS) is 10.5. The second kappa shape index (κ2) is 6.89. The first-order valence-electron chi connectivity index (χ1n) is 6.98. The zero-order chi connectivity index (χ0) is 16.1. The fraction of sp³-hybridized carbons (Fsp3) is 0.312. The van der Waals surface area contributed by atoms with E-state index in [1.165, 1.54) is 4.90 Å². The molecule has 1 amide bonds. The summed E-state index contributed by atoms with van der Waals surface area (Å²) in [5.41, 5.74) is 2.24. The Kier molecular flexibility index (Phi) is 4.93. The van der Waals surface area contributed by atoms with Gasteiger partial charge in [-0.1, -0.05) is 23.4 Å². The summed E-state index contributed by atoms with van der Waals surface area (Å²) in [6.45, 7) is 3.26. The summed E-state index contributed by atoms with van der Waals surface area (Å²) in [5.74, 6) is -0.599. The highest BCUT2D eigenvalue weighted by Gasteiger charge is 2.20. The summed E-state index contributed by atoms with van der Waals surface area (Å²) in [5, 5.41) is 12.9. The number of carbonyl (C=O) groups excluding carboxylic acids is 1. The molecule has 116 valence electrons. The van der Waals surface area contributed by atoms with E-state index >= 15 is 0 Å². The van der Waals surface area contributed by atoms with E-state index < -0.39 is 5.97 Å². The van der Waals surface area contributed by atoms with Gasteiger partial charge in [-0.05, 0) is 32.4 Å². The van der Waals surface area contributed by atoms with Crippen LogP contribution in [-0.2, 0) is 16.0 Å². The maximum atomic E-state index is 12.4. The van der Waals surface area contributed by atoms with Crippen molar-refractivity contribution >= 4 is 17.6 Å². The van der Waals surface area contributed by atoms with Crippen molar-refractivity contribution < 1.29 is 19.2 Å². The molecule has 6 nitrogen and oxygen atoms in total. The van der Waals surface area contributed by atoms with E-state index in [1.54, 1.807) is 31.2 Å². The van der Waals surface area contributed by atoms with E-state index in [0.29, 0.717) is 17.9 Å². The summed E-state index contributed by atoms with van der Waals surface area (Å²) in [6, 6.07) is 8.79. The van der Waals surface area contributed by atoms with E-state index in [1.807, 2.05) is 13.0 Å². The van der Waals surface area contributed by atoms with Gasteiger partial charge in [0.05, 0.1) is 5.69 Å². The number of hydrogen-bond donors (Lipinski definition) is 1. The highest BCUT2D eigenvalue weighted by Crippen LogP contribution is 2.18. The van der Waals surface area contributed by atoms with Crippen LogP contribution in [0.2, 0.25) is 0 Å². The molecule has 0 saturated heterocycles. The van der Waals surface area contributed by atoms with Crippen molar-refractivity contribution in [2.75, 3.05) is 11.4 Å². The number of amides is 1. The highest BCUT2D eigenvalue weighted by atomic mass is 16.5. The molecule has 0 atom stereocenters. The molecule has 1 aromatic carbocycles. The first-order valence-corrected chi connectivity index (χ1v) is 6.98. The molecule has 0 spiro atoms. The molecule has 0 bridgehead atoms. The third kappa shape index (κ3) is 3.72. The Balaban J connectivity index is 2.11. The number of rotatable bonds is 6. The molecule has 2 aromatic rings. The van der Waals surface area contributed by atoms with Crippen LogP contribution >= 0.6 is 0 Å². The number of nitrogens with zero attached hydrogens (tertiary/aromatic N) is 2. The molecular formula is C16H18N2O4. The maximum Gasteiger partial charge on any atom is 0.323 e. The van der Waals surface area contributed by atoms with Crippen LogP contribution < -0.4 is 4.90 Å². The minimum absolute atomic E-state index is 0.199. The number of hydrogen-bond acceptors (Lipinski definition) is 4. The number of para-hydroxylation sites is 1. The first-order chi connectivity index (χ1) is 10.5. The molecule has 0 fully saturated rings. The van der Waals surface area contributed by atoms with E-state index in [-0.39, 0.29) is 18.9 Å². The Hall–Kier alpha value is -2.63. The number of anilines is 1. The Morgan fingerprint density at radius 2 is 1.91 bits per heavy atom. The van der Waals surface area contributed by atoms with Gasteiger partial charge in [-0.2, -0.15) is 0 Å². The summed E-state index contributed by atoms with van der Waals surface area (Å²) < 4.78 is 5.07. The smallest absolute Gasteiger partial charge is 0.323 e. The second-order valence-corrected chi connectivity index (χ2v) is 5.01. The quantitative estimate of drug-likeness (QED) is 0.885. The van der Waals surface area contributed by atoms with Crippen molar-refractivity contribution in [2.45, 2.75) is 26.7 Å². The third-order valence-corrected chi connectivity index (χ3v) is 3.43. The number of carboxylic acid groups (broad SMARTS) is 1. The summed E-state index contributed by atoms with van der Waals surface area (Å²) in [7, 11) is 0. The van der Waals surface area contributed by atoms with Crippen LogP contribution in [0.5, 0.6) is 0 Å². The lowest BCUT2D eigenvalue weighted by Gasteiger charge is -2.20. The van der Waals surface area contributed by atoms with Crippen molar-refractivity contribution in [2.24, 2.45) is 0 Å². The lowest BCUT2D eigenvalue weighted by molar-refractivity contribution is -0.136. The standard InChI is InChI=1S/C16H18N2O4/c1-11-14(12(2)22-17-11)8-9-15(19)18(10-16(20)21)13-6-4-3-5-7-13/h3-7H,8-10H2,1-2H3,(H,20,21). The van der Waals surface area contributed by atoms with Crippen LogP contribution in [0.4, 0.5) is 5.69 Å². The Labute approximate surface area is 128 Å². The SMILES string of the molecule is Cc1noc(C)c1CCC(=O)N(CC(=O)O)c1ccccc1. The van der Waals surface area contributed by atoms with Gasteiger partial charge in [0.25, 0.3) is 0 Å². The van der Waals surface area contributed by atoms with Crippen LogP contribution in [0, 0.1) is 13.8 Å². The summed E-state index contributed by atoms with van der Waals surface area (Å²) in [4.78, 5) is 24.7. The fourth-order valence-electron chi connectivity index (χ4n) is 2.29. The molecule has 1 aromatic heterocycles. The van der Waals surface area contributed by atoms with Gasteiger partial charge in [0, 0.05) is 17.7 Å². The van der Waals surface area contributed by atoms with Gasteiger partial charge in [0.1, 0.15) is 12.3 Å². The predicted octanol–water partition coefficient (Wildman–Crippen LogP) is 2.34. The number of aryl methyl sites for hydroxylation is 2. The number of aromatic nitrogens is 1. The van der Waals surface area contributed by atoms with Gasteiger partial charge in [-0.25, -0.2) is 0 Å². The monoisotopic (exact) mass is 302 g/mol. The number of carboxylic acids is 1. The van der Waals surface area contributed by atoms with E-state index in [4.69, 9.17) is 9.63 Å². The number of carbonyl (C=O) groups is 2. The molecule has 0 radical (unpaired) electrons. The van der Waals surface area contributed by atoms with E-state index in [0.717, 1.165) is 11.3 Å². The topological polar surface area (TPSA) is 83.6 Å². The lowest BCUT2D eigenvalue weighted by Crippen LogP contribution is -2.35. The van der Waals surface area contributed by atoms with Crippen LogP contribution in [0.1, 0.15) is 23.4 Å². The molecule has 0 unspecified atom stereocenters. The highest BCUT2D eigenvalue weighted by molar-refractivity contribution is 5.97. The van der Waals surface area contributed by atoms with Crippen LogP contribution in [-0.4, -0.2) is 28.7 Å². The molecular weight excluding hydrogens is 284 g/mol. The van der Waals surface area contributed by atoms with Gasteiger partial charge in [0.2, 0.25) is 5.91 Å². The van der Waals surface area contributed by atoms with E-state index in [2.05, 4.69) is 5.16 Å². The van der Waals surface area contributed by atoms with E-state index in [9.17, 15) is 9.59 Å². The van der Waals surface area contributed by atoms with Gasteiger partial charge >= 0.3 is 5.97 Å². The summed E-state index contributed by atoms with van der Waals surface area (Å²) in [6.07, 6.45) is 0.675. The minimum atomic E-state index is -1.05. The molecule has 1 heterocycles. The zero-order valence-electron chi connectivity index (χ0n) is 12.6. The third-order valence-electron chi connectivity index (χ3n) is 3.43. The number of aliphatic carboxylic acids is 1. The fourth-order valence-corrected chi connectivity index (χ4v) is 2.29. The average molecular weight is 302 g/mol. The molecule has 6 heteroatoms. The summed E-state index contributed by atoms with van der Waals surface area (Å²) >= 11 is 0. The van der Waals surface area contributed by atoms with Crippen LogP contribution in [0.25, 0.3) is 0 Å².